The van der Waals surface area contributed by atoms with Crippen molar-refractivity contribution < 1.29 is 19.6 Å². The van der Waals surface area contributed by atoms with Crippen LogP contribution in [0.3, 0.4) is 0 Å². The van der Waals surface area contributed by atoms with Crippen LogP contribution in [0, 0.1) is 0 Å². The zero-order valence-corrected chi connectivity index (χ0v) is 4.13. The van der Waals surface area contributed by atoms with E-state index in [1.165, 1.54) is 0 Å². The Morgan fingerprint density at radius 3 is 1.00 bits per heavy atom. The summed E-state index contributed by atoms with van der Waals surface area (Å²) < 4.78 is 0. The molecular formula is CH7O4P. The van der Waals surface area contributed by atoms with Gasteiger partial charge in [-0.3, -0.25) is 0 Å². The van der Waals surface area contributed by atoms with Crippen LogP contribution in [0.4, 0.5) is 0 Å². The third kappa shape index (κ3) is 626. The molecule has 4 nitrogen and oxygen atoms in total. The molecule has 40 valence electrons. The topological polar surface area (TPSA) is 80.9 Å². The summed E-state index contributed by atoms with van der Waals surface area (Å²) in [4.78, 5) is 31.1. The normalized spacial score (nSPS) is 19.2. The molecule has 5 heteroatoms. The van der Waals surface area contributed by atoms with Crippen LogP contribution >= 0.6 is 7.51 Å². The van der Waals surface area contributed by atoms with Crippen molar-refractivity contribution in [1.82, 2.24) is 0 Å². The standard InChI is InChI=1S/CH7O4P/c1-6(2,3,4)5/h2-5H,1H3. The van der Waals surface area contributed by atoms with Crippen molar-refractivity contribution >= 4 is 7.51 Å². The minimum atomic E-state index is -5.05. The van der Waals surface area contributed by atoms with Crippen molar-refractivity contribution in [3.63, 3.8) is 0 Å². The van der Waals surface area contributed by atoms with E-state index in [4.69, 9.17) is 19.6 Å². The third-order valence-corrected chi connectivity index (χ3v) is 0. The van der Waals surface area contributed by atoms with E-state index in [1.54, 1.807) is 0 Å². The molecule has 0 spiro atoms. The monoisotopic (exact) mass is 114 g/mol. The predicted octanol–water partition coefficient (Wildman–Crippen LogP) is -1.20. The summed E-state index contributed by atoms with van der Waals surface area (Å²) in [6, 6.07) is 0. The van der Waals surface area contributed by atoms with Crippen molar-refractivity contribution in [2.24, 2.45) is 0 Å². The molecule has 0 saturated carbocycles. The van der Waals surface area contributed by atoms with E-state index in [2.05, 4.69) is 0 Å². The zero-order valence-electron chi connectivity index (χ0n) is 3.24. The van der Waals surface area contributed by atoms with Gasteiger partial charge in [0.15, 0.2) is 0 Å². The van der Waals surface area contributed by atoms with Gasteiger partial charge in [-0.2, -0.15) is 0 Å². The molecule has 0 aliphatic heterocycles. The number of hydrogen-bond donors (Lipinski definition) is 4. The summed E-state index contributed by atoms with van der Waals surface area (Å²) in [6.45, 7) is 0.561. The van der Waals surface area contributed by atoms with E-state index in [0.29, 0.717) is 6.66 Å². The van der Waals surface area contributed by atoms with Gasteiger partial charge in [-0.15, -0.1) is 0 Å². The van der Waals surface area contributed by atoms with E-state index in [-0.39, 0.29) is 0 Å². The molecule has 0 atom stereocenters. The second-order valence-corrected chi connectivity index (χ2v) is 4.01. The maximum atomic E-state index is 7.78. The van der Waals surface area contributed by atoms with E-state index in [1.807, 2.05) is 0 Å². The van der Waals surface area contributed by atoms with Crippen LogP contribution in [-0.4, -0.2) is 26.2 Å². The Morgan fingerprint density at radius 1 is 1.00 bits per heavy atom. The summed E-state index contributed by atoms with van der Waals surface area (Å²) in [7, 11) is -5.05. The van der Waals surface area contributed by atoms with Gasteiger partial charge in [0.25, 0.3) is 0 Å². The van der Waals surface area contributed by atoms with Crippen LogP contribution in [0.1, 0.15) is 0 Å². The van der Waals surface area contributed by atoms with Gasteiger partial charge in [0, 0.05) is 0 Å². The molecule has 0 fully saturated rings. The molecule has 0 amide bonds. The van der Waals surface area contributed by atoms with Gasteiger partial charge in [0.1, 0.15) is 0 Å². The van der Waals surface area contributed by atoms with E-state index in [9.17, 15) is 0 Å². The first-order valence-corrected chi connectivity index (χ1v) is 3.74. The van der Waals surface area contributed by atoms with Crippen molar-refractivity contribution in [1.29, 1.82) is 0 Å². The minimum absolute atomic E-state index is 0.561. The average molecular weight is 114 g/mol. The molecule has 0 rings (SSSR count). The molecule has 0 unspecified atom stereocenters. The molecule has 0 aliphatic rings. The molecule has 0 aliphatic carbocycles. The van der Waals surface area contributed by atoms with Crippen LogP contribution < -0.4 is 0 Å². The SMILES string of the molecule is CP(O)(O)(O)O. The first-order valence-electron chi connectivity index (χ1n) is 1.25. The summed E-state index contributed by atoms with van der Waals surface area (Å²) in [5.41, 5.74) is 0. The van der Waals surface area contributed by atoms with Gasteiger partial charge in [-0.05, 0) is 0 Å². The molecule has 4 N–H and O–H groups in total. The van der Waals surface area contributed by atoms with E-state index >= 15 is 0 Å². The Kier molecular flexibility index (Phi) is 0.952. The Morgan fingerprint density at radius 2 is 1.00 bits per heavy atom. The van der Waals surface area contributed by atoms with E-state index in [0.717, 1.165) is 0 Å². The fourth-order valence-corrected chi connectivity index (χ4v) is 0. The van der Waals surface area contributed by atoms with Gasteiger partial charge < -0.3 is 0 Å². The van der Waals surface area contributed by atoms with Crippen LogP contribution in [0.25, 0.3) is 0 Å². The molecule has 0 bridgehead atoms. The fraction of sp³-hybridized carbons (Fsp3) is 1.00. The molecule has 0 aromatic heterocycles. The van der Waals surface area contributed by atoms with Gasteiger partial charge in [-0.25, -0.2) is 0 Å². The first kappa shape index (κ1) is 6.27. The zero-order chi connectivity index (χ0) is 5.45. The second kappa shape index (κ2) is 0.911. The third-order valence-electron chi connectivity index (χ3n) is 0. The molecule has 0 radical (unpaired) electrons. The summed E-state index contributed by atoms with van der Waals surface area (Å²) >= 11 is 0. The van der Waals surface area contributed by atoms with Gasteiger partial charge in [-0.1, -0.05) is 0 Å². The predicted molar refractivity (Wildman–Crippen MR) is 21.7 cm³/mol. The summed E-state index contributed by atoms with van der Waals surface area (Å²) in [6.07, 6.45) is 0. The molecule has 6 heavy (non-hydrogen) atoms. The Labute approximate surface area is 34.9 Å². The Balaban J connectivity index is 3.73. The Bertz CT molecular complexity index is 40.7. The average Bonchev–Trinajstić information content (AvgIpc) is 0.650. The van der Waals surface area contributed by atoms with Crippen molar-refractivity contribution in [2.45, 2.75) is 0 Å². The Hall–Kier alpha value is 0.270. The summed E-state index contributed by atoms with van der Waals surface area (Å²) in [5, 5.41) is 0. The van der Waals surface area contributed by atoms with Crippen molar-refractivity contribution in [3.05, 3.63) is 0 Å². The van der Waals surface area contributed by atoms with Crippen LogP contribution in [0.15, 0.2) is 0 Å². The van der Waals surface area contributed by atoms with Crippen molar-refractivity contribution in [2.75, 3.05) is 6.66 Å². The van der Waals surface area contributed by atoms with Gasteiger partial charge >= 0.3 is 33.7 Å². The fourth-order valence-electron chi connectivity index (χ4n) is 0. The van der Waals surface area contributed by atoms with Crippen LogP contribution in [0.5, 0.6) is 0 Å². The molecule has 0 saturated heterocycles. The molecule has 0 aromatic rings. The van der Waals surface area contributed by atoms with E-state index < -0.39 is 7.51 Å². The number of hydrogen-bond acceptors (Lipinski definition) is 4. The molecular weight excluding hydrogens is 107 g/mol. The van der Waals surface area contributed by atoms with Crippen LogP contribution in [-0.2, 0) is 0 Å². The molecule has 0 aromatic carbocycles. The second-order valence-electron chi connectivity index (χ2n) is 1.34. The quantitative estimate of drug-likeness (QED) is 0.298. The van der Waals surface area contributed by atoms with Gasteiger partial charge in [0.05, 0.1) is 0 Å². The molecule has 0 heterocycles. The maximum absolute atomic E-state index is 7.78. The van der Waals surface area contributed by atoms with Crippen LogP contribution in [0.2, 0.25) is 0 Å². The van der Waals surface area contributed by atoms with Crippen molar-refractivity contribution in [3.8, 4) is 0 Å². The van der Waals surface area contributed by atoms with Gasteiger partial charge in [0.2, 0.25) is 0 Å². The summed E-state index contributed by atoms with van der Waals surface area (Å²) in [5.74, 6) is 0. The first-order chi connectivity index (χ1) is 2.24. The number of rotatable bonds is 0.